The molecule has 22 heavy (non-hydrogen) atoms. The molecule has 0 aliphatic carbocycles. The van der Waals surface area contributed by atoms with E-state index >= 15 is 0 Å². The van der Waals surface area contributed by atoms with Gasteiger partial charge in [-0.1, -0.05) is 27.7 Å². The Balaban J connectivity index is 2.71. The third-order valence-electron chi connectivity index (χ3n) is 4.97. The van der Waals surface area contributed by atoms with Crippen molar-refractivity contribution in [3.05, 3.63) is 0 Å². The van der Waals surface area contributed by atoms with Gasteiger partial charge in [0.1, 0.15) is 0 Å². The van der Waals surface area contributed by atoms with Gasteiger partial charge in [-0.25, -0.2) is 0 Å². The second-order valence-corrected chi connectivity index (χ2v) is 7.49. The Bertz CT molecular complexity index is 387. The molecule has 0 radical (unpaired) electrons. The highest BCUT2D eigenvalue weighted by atomic mass is 16.2. The summed E-state index contributed by atoms with van der Waals surface area (Å²) >= 11 is 0. The highest BCUT2D eigenvalue weighted by Crippen LogP contribution is 2.30. The summed E-state index contributed by atoms with van der Waals surface area (Å²) in [6.45, 7) is 13.7. The standard InChI is InChI=1S/C17H33N3O2/c1-11(2)13(5)19-15(21)9-17(7-8-18-10-17)16(22)20-14(6)12(3)4/h11-14,18H,7-10H2,1-6H3,(H,19,21)(H,20,22). The third kappa shape index (κ3) is 4.97. The summed E-state index contributed by atoms with van der Waals surface area (Å²) in [6, 6.07) is 0.235. The van der Waals surface area contributed by atoms with Crippen LogP contribution < -0.4 is 16.0 Å². The molecule has 3 atom stereocenters. The molecule has 0 aromatic heterocycles. The summed E-state index contributed by atoms with van der Waals surface area (Å²) in [6.07, 6.45) is 0.973. The first kappa shape index (κ1) is 18.9. The van der Waals surface area contributed by atoms with E-state index in [2.05, 4.69) is 43.6 Å². The first-order chi connectivity index (χ1) is 10.2. The van der Waals surface area contributed by atoms with Crippen molar-refractivity contribution in [3.63, 3.8) is 0 Å². The van der Waals surface area contributed by atoms with Gasteiger partial charge in [0.2, 0.25) is 11.8 Å². The number of rotatable bonds is 7. The number of carbonyl (C=O) groups is 2. The SMILES string of the molecule is CC(C)C(C)NC(=O)CC1(C(=O)NC(C)C(C)C)CCNC1. The lowest BCUT2D eigenvalue weighted by atomic mass is 9.81. The molecule has 1 saturated heterocycles. The van der Waals surface area contributed by atoms with Gasteiger partial charge in [0.15, 0.2) is 0 Å². The maximum Gasteiger partial charge on any atom is 0.228 e. The van der Waals surface area contributed by atoms with E-state index in [0.717, 1.165) is 6.54 Å². The number of amides is 2. The van der Waals surface area contributed by atoms with E-state index in [0.29, 0.717) is 24.8 Å². The van der Waals surface area contributed by atoms with Crippen LogP contribution in [0.15, 0.2) is 0 Å². The molecule has 2 amide bonds. The van der Waals surface area contributed by atoms with E-state index in [1.54, 1.807) is 0 Å². The third-order valence-corrected chi connectivity index (χ3v) is 4.97. The zero-order valence-electron chi connectivity index (χ0n) is 15.0. The molecule has 0 saturated carbocycles. The lowest BCUT2D eigenvalue weighted by Crippen LogP contribution is -2.50. The van der Waals surface area contributed by atoms with Crippen molar-refractivity contribution in [2.45, 2.75) is 66.5 Å². The summed E-state index contributed by atoms with van der Waals surface area (Å²) in [4.78, 5) is 25.0. The number of hydrogen-bond acceptors (Lipinski definition) is 3. The molecule has 1 heterocycles. The Morgan fingerprint density at radius 3 is 2.00 bits per heavy atom. The first-order valence-corrected chi connectivity index (χ1v) is 8.49. The minimum Gasteiger partial charge on any atom is -0.353 e. The Morgan fingerprint density at radius 1 is 1.00 bits per heavy atom. The Kier molecular flexibility index (Phi) is 6.85. The van der Waals surface area contributed by atoms with E-state index in [4.69, 9.17) is 0 Å². The molecule has 0 aromatic carbocycles. The van der Waals surface area contributed by atoms with Crippen LogP contribution in [0.2, 0.25) is 0 Å². The predicted molar refractivity (Wildman–Crippen MR) is 89.4 cm³/mol. The molecule has 0 spiro atoms. The fourth-order valence-electron chi connectivity index (χ4n) is 2.47. The predicted octanol–water partition coefficient (Wildman–Crippen LogP) is 1.68. The van der Waals surface area contributed by atoms with E-state index in [9.17, 15) is 9.59 Å². The van der Waals surface area contributed by atoms with Crippen LogP contribution in [0.4, 0.5) is 0 Å². The number of nitrogens with one attached hydrogen (secondary N) is 3. The van der Waals surface area contributed by atoms with Crippen LogP contribution in [-0.2, 0) is 9.59 Å². The summed E-state index contributed by atoms with van der Waals surface area (Å²) in [5.41, 5.74) is -0.607. The molecule has 1 fully saturated rings. The average Bonchev–Trinajstić information content (AvgIpc) is 2.87. The van der Waals surface area contributed by atoms with Crippen LogP contribution in [0.25, 0.3) is 0 Å². The van der Waals surface area contributed by atoms with E-state index in [-0.39, 0.29) is 30.3 Å². The monoisotopic (exact) mass is 311 g/mol. The van der Waals surface area contributed by atoms with Gasteiger partial charge in [0, 0.05) is 25.0 Å². The van der Waals surface area contributed by atoms with Crippen molar-refractivity contribution in [3.8, 4) is 0 Å². The molecular formula is C17H33N3O2. The van der Waals surface area contributed by atoms with Crippen LogP contribution in [0.3, 0.4) is 0 Å². The smallest absolute Gasteiger partial charge is 0.228 e. The van der Waals surface area contributed by atoms with Gasteiger partial charge in [-0.15, -0.1) is 0 Å². The largest absolute Gasteiger partial charge is 0.353 e. The molecule has 1 aliphatic rings. The fraction of sp³-hybridized carbons (Fsp3) is 0.882. The van der Waals surface area contributed by atoms with Crippen LogP contribution >= 0.6 is 0 Å². The quantitative estimate of drug-likeness (QED) is 0.670. The maximum atomic E-state index is 12.7. The summed E-state index contributed by atoms with van der Waals surface area (Å²) in [5, 5.41) is 9.34. The fourth-order valence-corrected chi connectivity index (χ4v) is 2.47. The molecule has 128 valence electrons. The van der Waals surface area contributed by atoms with Gasteiger partial charge in [-0.05, 0) is 38.6 Å². The Morgan fingerprint density at radius 2 is 1.55 bits per heavy atom. The van der Waals surface area contributed by atoms with Gasteiger partial charge in [0.05, 0.1) is 5.41 Å². The lowest BCUT2D eigenvalue weighted by Gasteiger charge is -2.30. The highest BCUT2D eigenvalue weighted by molar-refractivity contribution is 5.89. The Hall–Kier alpha value is -1.10. The molecular weight excluding hydrogens is 278 g/mol. The minimum atomic E-state index is -0.607. The van der Waals surface area contributed by atoms with Crippen molar-refractivity contribution >= 4 is 11.8 Å². The minimum absolute atomic E-state index is 0.00560. The zero-order chi connectivity index (χ0) is 16.9. The highest BCUT2D eigenvalue weighted by Gasteiger charge is 2.43. The summed E-state index contributed by atoms with van der Waals surface area (Å²) in [7, 11) is 0. The normalized spacial score (nSPS) is 24.4. The van der Waals surface area contributed by atoms with Gasteiger partial charge in [-0.2, -0.15) is 0 Å². The van der Waals surface area contributed by atoms with Crippen molar-refractivity contribution in [1.82, 2.24) is 16.0 Å². The van der Waals surface area contributed by atoms with Crippen molar-refractivity contribution in [2.24, 2.45) is 17.3 Å². The van der Waals surface area contributed by atoms with Gasteiger partial charge >= 0.3 is 0 Å². The van der Waals surface area contributed by atoms with Crippen LogP contribution in [0.5, 0.6) is 0 Å². The van der Waals surface area contributed by atoms with Crippen molar-refractivity contribution in [1.29, 1.82) is 0 Å². The molecule has 3 N–H and O–H groups in total. The van der Waals surface area contributed by atoms with E-state index in [1.165, 1.54) is 0 Å². The molecule has 5 heteroatoms. The van der Waals surface area contributed by atoms with E-state index < -0.39 is 5.41 Å². The first-order valence-electron chi connectivity index (χ1n) is 8.49. The van der Waals surface area contributed by atoms with Crippen LogP contribution in [-0.4, -0.2) is 37.0 Å². The summed E-state index contributed by atoms with van der Waals surface area (Å²) in [5.74, 6) is 0.741. The number of carbonyl (C=O) groups excluding carboxylic acids is 2. The Labute approximate surface area is 135 Å². The topological polar surface area (TPSA) is 70.2 Å². The maximum absolute atomic E-state index is 12.7. The van der Waals surface area contributed by atoms with Crippen LogP contribution in [0.1, 0.15) is 54.4 Å². The van der Waals surface area contributed by atoms with Gasteiger partial charge in [-0.3, -0.25) is 9.59 Å². The molecule has 0 bridgehead atoms. The molecule has 1 aliphatic heterocycles. The van der Waals surface area contributed by atoms with Crippen molar-refractivity contribution in [2.75, 3.05) is 13.1 Å². The molecule has 5 nitrogen and oxygen atoms in total. The van der Waals surface area contributed by atoms with Crippen molar-refractivity contribution < 1.29 is 9.59 Å². The molecule has 1 rings (SSSR count). The average molecular weight is 311 g/mol. The number of hydrogen-bond donors (Lipinski definition) is 3. The molecule has 3 unspecified atom stereocenters. The second kappa shape index (κ2) is 7.95. The molecule has 0 aromatic rings. The zero-order valence-corrected chi connectivity index (χ0v) is 15.0. The van der Waals surface area contributed by atoms with Crippen LogP contribution in [0, 0.1) is 17.3 Å². The lowest BCUT2D eigenvalue weighted by molar-refractivity contribution is -0.136. The van der Waals surface area contributed by atoms with E-state index in [1.807, 2.05) is 13.8 Å². The van der Waals surface area contributed by atoms with Gasteiger partial charge < -0.3 is 16.0 Å². The van der Waals surface area contributed by atoms with Gasteiger partial charge in [0.25, 0.3) is 0 Å². The summed E-state index contributed by atoms with van der Waals surface area (Å²) < 4.78 is 0. The second-order valence-electron chi connectivity index (χ2n) is 7.49.